The van der Waals surface area contributed by atoms with Crippen LogP contribution >= 0.6 is 0 Å². The second-order valence-electron chi connectivity index (χ2n) is 14.3. The van der Waals surface area contributed by atoms with E-state index in [4.69, 9.17) is 19.4 Å². The maximum Gasteiger partial charge on any atom is 0.164 e. The number of hydrogen-bond acceptors (Lipinski definition) is 4. The highest BCUT2D eigenvalue weighted by Crippen LogP contribution is 2.42. The lowest BCUT2D eigenvalue weighted by Crippen LogP contribution is -2.11. The van der Waals surface area contributed by atoms with E-state index in [1.807, 2.05) is 72.8 Å². The number of furan rings is 1. The molecule has 1 unspecified atom stereocenters. The Morgan fingerprint density at radius 1 is 0.630 bits per heavy atom. The minimum absolute atomic E-state index is 0.407. The Morgan fingerprint density at radius 3 is 2.09 bits per heavy atom. The average Bonchev–Trinajstić information content (AvgIpc) is 3.78. The number of hydrogen-bond donors (Lipinski definition) is 0. The lowest BCUT2D eigenvalue weighted by atomic mass is 9.83. The van der Waals surface area contributed by atoms with Crippen LogP contribution in [0.5, 0.6) is 0 Å². The molecule has 0 spiro atoms. The Bertz CT molecular complexity index is 2960. The van der Waals surface area contributed by atoms with E-state index < -0.39 is 0 Å². The van der Waals surface area contributed by atoms with Crippen LogP contribution < -0.4 is 0 Å². The van der Waals surface area contributed by atoms with Crippen LogP contribution in [-0.2, 0) is 6.42 Å². The van der Waals surface area contributed by atoms with Crippen LogP contribution in [0.1, 0.15) is 24.1 Å². The molecule has 0 saturated heterocycles. The molecule has 2 aliphatic carbocycles. The first-order chi connectivity index (χ1) is 26.7. The molecule has 1 atom stereocenters. The summed E-state index contributed by atoms with van der Waals surface area (Å²) in [6, 6.07) is 46.4. The minimum Gasteiger partial charge on any atom is -0.456 e. The summed E-state index contributed by atoms with van der Waals surface area (Å²) < 4.78 is 9.12. The maximum atomic E-state index is 6.69. The molecular formula is C49H34N4O. The lowest BCUT2D eigenvalue weighted by molar-refractivity contribution is 0.668. The van der Waals surface area contributed by atoms with E-state index in [1.54, 1.807) is 0 Å². The quantitative estimate of drug-likeness (QED) is 0.180. The second kappa shape index (κ2) is 12.4. The zero-order chi connectivity index (χ0) is 35.6. The molecule has 0 N–H and O–H groups in total. The molecule has 256 valence electrons. The van der Waals surface area contributed by atoms with Gasteiger partial charge in [0.05, 0.1) is 5.52 Å². The van der Waals surface area contributed by atoms with Crippen molar-refractivity contribution in [2.24, 2.45) is 5.92 Å². The highest BCUT2D eigenvalue weighted by molar-refractivity contribution is 6.12. The van der Waals surface area contributed by atoms with Crippen molar-refractivity contribution in [1.29, 1.82) is 0 Å². The Balaban J connectivity index is 1.09. The highest BCUT2D eigenvalue weighted by atomic mass is 16.3. The third kappa shape index (κ3) is 5.04. The van der Waals surface area contributed by atoms with Crippen molar-refractivity contribution in [2.75, 3.05) is 0 Å². The summed E-state index contributed by atoms with van der Waals surface area (Å²) in [4.78, 5) is 15.0. The molecule has 3 heterocycles. The zero-order valence-electron chi connectivity index (χ0n) is 29.5. The van der Waals surface area contributed by atoms with Crippen LogP contribution in [0.2, 0.25) is 0 Å². The Hall–Kier alpha value is -6.85. The first kappa shape index (κ1) is 30.7. The molecule has 3 aromatic heterocycles. The number of nitrogens with zero attached hydrogens (tertiary/aromatic N) is 4. The first-order valence-electron chi connectivity index (χ1n) is 18.7. The molecule has 2 aliphatic rings. The number of allylic oxidation sites excluding steroid dienone is 5. The lowest BCUT2D eigenvalue weighted by Gasteiger charge is -2.22. The van der Waals surface area contributed by atoms with Crippen molar-refractivity contribution in [3.05, 3.63) is 175 Å². The van der Waals surface area contributed by atoms with Gasteiger partial charge in [-0.15, -0.1) is 0 Å². The van der Waals surface area contributed by atoms with Crippen molar-refractivity contribution in [3.63, 3.8) is 0 Å². The Labute approximate surface area is 312 Å². The fraction of sp³-hybridized carbons (Fsp3) is 0.0816. The van der Waals surface area contributed by atoms with Gasteiger partial charge in [-0.3, -0.25) is 0 Å². The van der Waals surface area contributed by atoms with Gasteiger partial charge in [-0.25, -0.2) is 15.0 Å². The molecule has 54 heavy (non-hydrogen) atoms. The summed E-state index contributed by atoms with van der Waals surface area (Å²) in [5.74, 6) is 2.29. The molecule has 5 nitrogen and oxygen atoms in total. The van der Waals surface area contributed by atoms with Gasteiger partial charge in [-0.1, -0.05) is 127 Å². The van der Waals surface area contributed by atoms with Gasteiger partial charge in [0.25, 0.3) is 0 Å². The van der Waals surface area contributed by atoms with Crippen molar-refractivity contribution in [2.45, 2.75) is 19.3 Å². The average molecular weight is 695 g/mol. The summed E-state index contributed by atoms with van der Waals surface area (Å²) in [7, 11) is 0. The summed E-state index contributed by atoms with van der Waals surface area (Å²) >= 11 is 0. The van der Waals surface area contributed by atoms with Gasteiger partial charge >= 0.3 is 0 Å². The van der Waals surface area contributed by atoms with E-state index in [1.165, 1.54) is 38.5 Å². The summed E-state index contributed by atoms with van der Waals surface area (Å²) in [6.07, 6.45) is 14.8. The van der Waals surface area contributed by atoms with Crippen molar-refractivity contribution in [3.8, 4) is 39.9 Å². The van der Waals surface area contributed by atoms with Crippen LogP contribution in [0.4, 0.5) is 0 Å². The molecule has 0 aliphatic heterocycles. The van der Waals surface area contributed by atoms with Crippen LogP contribution in [0, 0.1) is 5.92 Å². The van der Waals surface area contributed by atoms with Crippen molar-refractivity contribution >= 4 is 49.7 Å². The third-order valence-corrected chi connectivity index (χ3v) is 11.1. The fourth-order valence-electron chi connectivity index (χ4n) is 8.47. The number of fused-ring (bicyclic) bond motifs is 7. The SMILES string of the molecule is C1=CCCC(C2C=Cc3c(c4cc5ccccc5cc4n3-c3ccc4c(c3)oc3cccc(-c5nc(-c6ccccc6)nc(-c6ccccc6)n5)c34)C2)=C1. The molecule has 6 aromatic carbocycles. The van der Waals surface area contributed by atoms with Gasteiger partial charge in [-0.05, 0) is 72.0 Å². The number of benzene rings is 6. The maximum absolute atomic E-state index is 6.69. The molecule has 0 bridgehead atoms. The van der Waals surface area contributed by atoms with E-state index in [-0.39, 0.29) is 0 Å². The van der Waals surface area contributed by atoms with E-state index in [9.17, 15) is 0 Å². The predicted octanol–water partition coefficient (Wildman–Crippen LogP) is 12.3. The van der Waals surface area contributed by atoms with Gasteiger partial charge in [0.1, 0.15) is 11.2 Å². The summed E-state index contributed by atoms with van der Waals surface area (Å²) in [5, 5.41) is 5.83. The van der Waals surface area contributed by atoms with E-state index in [0.717, 1.165) is 63.6 Å². The minimum atomic E-state index is 0.407. The van der Waals surface area contributed by atoms with E-state index in [2.05, 4.69) is 95.6 Å². The van der Waals surface area contributed by atoms with Crippen LogP contribution in [0.25, 0.3) is 89.5 Å². The topological polar surface area (TPSA) is 56.7 Å². The molecule has 9 aromatic rings. The highest BCUT2D eigenvalue weighted by Gasteiger charge is 2.26. The zero-order valence-corrected chi connectivity index (χ0v) is 29.5. The largest absolute Gasteiger partial charge is 0.456 e. The van der Waals surface area contributed by atoms with Crippen molar-refractivity contribution < 1.29 is 4.42 Å². The third-order valence-electron chi connectivity index (χ3n) is 11.1. The molecule has 0 amide bonds. The molecule has 0 fully saturated rings. The van der Waals surface area contributed by atoms with E-state index >= 15 is 0 Å². The van der Waals surface area contributed by atoms with Gasteiger partial charge in [-0.2, -0.15) is 0 Å². The molecule has 0 saturated carbocycles. The molecular weight excluding hydrogens is 661 g/mol. The monoisotopic (exact) mass is 694 g/mol. The molecule has 0 radical (unpaired) electrons. The molecule has 5 heteroatoms. The summed E-state index contributed by atoms with van der Waals surface area (Å²) in [5.41, 5.74) is 10.9. The standard InChI is InChI=1S/C49H34N4O/c1-4-13-31(14-5-1)36-23-26-42-40(28-36)41-27-34-19-10-11-20-35(34)29-43(41)53(42)37-24-25-38-45(30-37)54-44-22-12-21-39(46(38)44)49-51-47(32-15-6-2-7-16-32)50-48(52-49)33-17-8-3-9-18-33/h1-4,6-13,15-27,29-30,36H,5,14,28H2. The normalized spacial score (nSPS) is 15.3. The predicted molar refractivity (Wildman–Crippen MR) is 220 cm³/mol. The number of rotatable bonds is 5. The van der Waals surface area contributed by atoms with Crippen LogP contribution in [0.3, 0.4) is 0 Å². The smallest absolute Gasteiger partial charge is 0.164 e. The van der Waals surface area contributed by atoms with Gasteiger partial charge < -0.3 is 8.98 Å². The van der Waals surface area contributed by atoms with Crippen molar-refractivity contribution in [1.82, 2.24) is 19.5 Å². The fourth-order valence-corrected chi connectivity index (χ4v) is 8.47. The summed E-state index contributed by atoms with van der Waals surface area (Å²) in [6.45, 7) is 0. The van der Waals surface area contributed by atoms with Crippen LogP contribution in [0.15, 0.2) is 168 Å². The first-order valence-corrected chi connectivity index (χ1v) is 18.7. The Kier molecular flexibility index (Phi) is 7.05. The van der Waals surface area contributed by atoms with Gasteiger partial charge in [0.15, 0.2) is 17.5 Å². The Morgan fingerprint density at radius 2 is 1.35 bits per heavy atom. The van der Waals surface area contributed by atoms with Gasteiger partial charge in [0.2, 0.25) is 0 Å². The van der Waals surface area contributed by atoms with E-state index in [0.29, 0.717) is 23.4 Å². The molecule has 11 rings (SSSR count). The van der Waals surface area contributed by atoms with Gasteiger partial charge in [0, 0.05) is 56.2 Å². The second-order valence-corrected chi connectivity index (χ2v) is 14.3. The van der Waals surface area contributed by atoms with Crippen LogP contribution in [-0.4, -0.2) is 19.5 Å². The number of aromatic nitrogens is 4.